The van der Waals surface area contributed by atoms with Crippen LogP contribution in [0.15, 0.2) is 24.3 Å². The molecule has 0 spiro atoms. The molecule has 90 valence electrons. The van der Waals surface area contributed by atoms with E-state index in [0.29, 0.717) is 6.04 Å². The quantitative estimate of drug-likeness (QED) is 0.778. The van der Waals surface area contributed by atoms with Gasteiger partial charge in [-0.1, -0.05) is 19.8 Å². The highest BCUT2D eigenvalue weighted by Crippen LogP contribution is 2.25. The average molecular weight is 228 g/mol. The van der Waals surface area contributed by atoms with Crippen molar-refractivity contribution >= 4 is 5.69 Å². The second-order valence-corrected chi connectivity index (χ2v) is 5.14. The van der Waals surface area contributed by atoms with Crippen LogP contribution in [-0.2, 0) is 0 Å². The fourth-order valence-electron chi connectivity index (χ4n) is 2.51. The summed E-state index contributed by atoms with van der Waals surface area (Å²) in [6, 6.07) is 10.5. The predicted octanol–water partition coefficient (Wildman–Crippen LogP) is 3.94. The first-order chi connectivity index (χ1) is 8.28. The second kappa shape index (κ2) is 5.72. The molecule has 2 rings (SSSR count). The molecule has 0 bridgehead atoms. The van der Waals surface area contributed by atoms with Crippen LogP contribution in [0.2, 0.25) is 0 Å². The van der Waals surface area contributed by atoms with Crippen LogP contribution in [0.4, 0.5) is 5.69 Å². The zero-order valence-corrected chi connectivity index (χ0v) is 10.4. The van der Waals surface area contributed by atoms with Gasteiger partial charge in [0.05, 0.1) is 11.6 Å². The van der Waals surface area contributed by atoms with E-state index >= 15 is 0 Å². The van der Waals surface area contributed by atoms with Gasteiger partial charge in [0.2, 0.25) is 0 Å². The van der Waals surface area contributed by atoms with Crippen molar-refractivity contribution in [1.82, 2.24) is 0 Å². The summed E-state index contributed by atoms with van der Waals surface area (Å²) in [5, 5.41) is 12.3. The van der Waals surface area contributed by atoms with E-state index in [2.05, 4.69) is 18.3 Å². The molecule has 0 radical (unpaired) electrons. The van der Waals surface area contributed by atoms with E-state index < -0.39 is 0 Å². The van der Waals surface area contributed by atoms with Gasteiger partial charge < -0.3 is 5.32 Å². The van der Waals surface area contributed by atoms with E-state index in [1.807, 2.05) is 24.3 Å². The van der Waals surface area contributed by atoms with Gasteiger partial charge in [-0.05, 0) is 49.4 Å². The molecule has 0 aromatic heterocycles. The summed E-state index contributed by atoms with van der Waals surface area (Å²) >= 11 is 0. The van der Waals surface area contributed by atoms with Crippen LogP contribution in [0.25, 0.3) is 0 Å². The van der Waals surface area contributed by atoms with Gasteiger partial charge >= 0.3 is 0 Å². The van der Waals surface area contributed by atoms with Crippen molar-refractivity contribution in [3.63, 3.8) is 0 Å². The first-order valence-electron chi connectivity index (χ1n) is 6.54. The van der Waals surface area contributed by atoms with Crippen molar-refractivity contribution in [2.75, 3.05) is 5.32 Å². The van der Waals surface area contributed by atoms with Crippen LogP contribution in [0.3, 0.4) is 0 Å². The lowest BCUT2D eigenvalue weighted by Gasteiger charge is -2.17. The van der Waals surface area contributed by atoms with Crippen molar-refractivity contribution in [3.8, 4) is 6.07 Å². The number of hydrogen-bond donors (Lipinski definition) is 1. The van der Waals surface area contributed by atoms with Gasteiger partial charge in [0.25, 0.3) is 0 Å². The lowest BCUT2D eigenvalue weighted by atomic mass is 10.0. The highest BCUT2D eigenvalue weighted by atomic mass is 14.9. The number of hydrogen-bond acceptors (Lipinski definition) is 2. The molecule has 1 fully saturated rings. The minimum absolute atomic E-state index is 0.605. The van der Waals surface area contributed by atoms with E-state index in [9.17, 15) is 0 Å². The normalized spacial score (nSPS) is 24.7. The molecule has 0 amide bonds. The fraction of sp³-hybridized carbons (Fsp3) is 0.533. The molecule has 0 heterocycles. The number of nitrogens with zero attached hydrogens (tertiary/aromatic N) is 1. The Morgan fingerprint density at radius 1 is 1.12 bits per heavy atom. The van der Waals surface area contributed by atoms with E-state index in [0.717, 1.165) is 17.2 Å². The Hall–Kier alpha value is -1.49. The summed E-state index contributed by atoms with van der Waals surface area (Å²) in [6.45, 7) is 2.35. The van der Waals surface area contributed by atoms with Crippen LogP contribution in [0.5, 0.6) is 0 Å². The maximum atomic E-state index is 8.75. The predicted molar refractivity (Wildman–Crippen MR) is 70.8 cm³/mol. The third-order valence-electron chi connectivity index (χ3n) is 3.64. The number of nitrogens with one attached hydrogen (secondary N) is 1. The smallest absolute Gasteiger partial charge is 0.0991 e. The summed E-state index contributed by atoms with van der Waals surface area (Å²) < 4.78 is 0. The molecule has 1 aromatic rings. The van der Waals surface area contributed by atoms with Crippen LogP contribution in [-0.4, -0.2) is 6.04 Å². The van der Waals surface area contributed by atoms with Gasteiger partial charge in [-0.15, -0.1) is 0 Å². The molecule has 2 nitrogen and oxygen atoms in total. The Bertz CT molecular complexity index is 388. The zero-order valence-electron chi connectivity index (χ0n) is 10.4. The average Bonchev–Trinajstić information content (AvgIpc) is 2.56. The highest BCUT2D eigenvalue weighted by molar-refractivity contribution is 5.47. The number of benzene rings is 1. The monoisotopic (exact) mass is 228 g/mol. The minimum Gasteiger partial charge on any atom is -0.382 e. The van der Waals surface area contributed by atoms with Gasteiger partial charge in [0.1, 0.15) is 0 Å². The van der Waals surface area contributed by atoms with E-state index in [1.54, 1.807) is 0 Å². The molecular formula is C15H20N2. The van der Waals surface area contributed by atoms with Crippen LogP contribution in [0, 0.1) is 17.2 Å². The van der Waals surface area contributed by atoms with Crippen molar-refractivity contribution in [2.24, 2.45) is 5.92 Å². The number of rotatable bonds is 2. The molecule has 2 unspecified atom stereocenters. The van der Waals surface area contributed by atoms with Crippen molar-refractivity contribution in [1.29, 1.82) is 5.26 Å². The molecule has 1 aliphatic rings. The Morgan fingerprint density at radius 2 is 1.88 bits per heavy atom. The molecule has 1 N–H and O–H groups in total. The largest absolute Gasteiger partial charge is 0.382 e. The Labute approximate surface area is 104 Å². The lowest BCUT2D eigenvalue weighted by molar-refractivity contribution is 0.502. The first-order valence-corrected chi connectivity index (χ1v) is 6.54. The lowest BCUT2D eigenvalue weighted by Crippen LogP contribution is -2.18. The molecule has 2 heteroatoms. The SMILES string of the molecule is CC1CCCC(Nc2ccc(C#N)cc2)CC1. The molecule has 1 saturated carbocycles. The van der Waals surface area contributed by atoms with E-state index in [1.165, 1.54) is 32.1 Å². The molecule has 1 aliphatic carbocycles. The van der Waals surface area contributed by atoms with Gasteiger partial charge in [-0.25, -0.2) is 0 Å². The standard InChI is InChI=1S/C15H20N2/c1-12-3-2-4-14(8-5-12)17-15-9-6-13(11-16)7-10-15/h6-7,9-10,12,14,17H,2-5,8H2,1H3. The summed E-state index contributed by atoms with van der Waals surface area (Å²) in [7, 11) is 0. The third-order valence-corrected chi connectivity index (χ3v) is 3.64. The maximum Gasteiger partial charge on any atom is 0.0991 e. The van der Waals surface area contributed by atoms with Crippen molar-refractivity contribution < 1.29 is 0 Å². The van der Waals surface area contributed by atoms with Gasteiger partial charge in [-0.3, -0.25) is 0 Å². The molecule has 2 atom stereocenters. The first kappa shape index (κ1) is 12.0. The second-order valence-electron chi connectivity index (χ2n) is 5.14. The summed E-state index contributed by atoms with van der Waals surface area (Å²) in [5.74, 6) is 0.878. The molecule has 0 aliphatic heterocycles. The fourth-order valence-corrected chi connectivity index (χ4v) is 2.51. The topological polar surface area (TPSA) is 35.8 Å². The minimum atomic E-state index is 0.605. The Kier molecular flexibility index (Phi) is 4.03. The van der Waals surface area contributed by atoms with Crippen molar-refractivity contribution in [2.45, 2.75) is 45.1 Å². The Balaban J connectivity index is 1.93. The summed E-state index contributed by atoms with van der Waals surface area (Å²) in [4.78, 5) is 0. The maximum absolute atomic E-state index is 8.75. The molecule has 17 heavy (non-hydrogen) atoms. The third kappa shape index (κ3) is 3.49. The molecular weight excluding hydrogens is 208 g/mol. The van der Waals surface area contributed by atoms with Crippen molar-refractivity contribution in [3.05, 3.63) is 29.8 Å². The summed E-state index contributed by atoms with van der Waals surface area (Å²) in [6.07, 6.45) is 6.56. The highest BCUT2D eigenvalue weighted by Gasteiger charge is 2.15. The molecule has 0 saturated heterocycles. The summed E-state index contributed by atoms with van der Waals surface area (Å²) in [5.41, 5.74) is 1.87. The number of nitriles is 1. The van der Waals surface area contributed by atoms with Crippen LogP contribution in [0.1, 0.15) is 44.6 Å². The van der Waals surface area contributed by atoms with Gasteiger partial charge in [0, 0.05) is 11.7 Å². The van der Waals surface area contributed by atoms with Gasteiger partial charge in [0.15, 0.2) is 0 Å². The Morgan fingerprint density at radius 3 is 2.59 bits per heavy atom. The molecule has 1 aromatic carbocycles. The van der Waals surface area contributed by atoms with E-state index in [4.69, 9.17) is 5.26 Å². The van der Waals surface area contributed by atoms with E-state index in [-0.39, 0.29) is 0 Å². The van der Waals surface area contributed by atoms with Gasteiger partial charge in [-0.2, -0.15) is 5.26 Å². The van der Waals surface area contributed by atoms with Crippen LogP contribution < -0.4 is 5.32 Å². The van der Waals surface area contributed by atoms with Crippen LogP contribution >= 0.6 is 0 Å². The zero-order chi connectivity index (χ0) is 12.1. The number of anilines is 1.